The van der Waals surface area contributed by atoms with Gasteiger partial charge in [-0.15, -0.1) is 10.2 Å². The first-order valence-corrected chi connectivity index (χ1v) is 12.8. The Kier molecular flexibility index (Phi) is 8.57. The summed E-state index contributed by atoms with van der Waals surface area (Å²) in [5, 5.41) is 14.7. The van der Waals surface area contributed by atoms with Crippen LogP contribution in [0.1, 0.15) is 19.4 Å². The van der Waals surface area contributed by atoms with Crippen molar-refractivity contribution in [3.8, 4) is 22.8 Å². The maximum atomic E-state index is 12.5. The van der Waals surface area contributed by atoms with Crippen LogP contribution in [0, 0.1) is 0 Å². The molecule has 1 amide bonds. The van der Waals surface area contributed by atoms with E-state index in [1.807, 2.05) is 86.6 Å². The number of carbonyl (C=O) groups is 1. The van der Waals surface area contributed by atoms with Crippen molar-refractivity contribution in [3.63, 3.8) is 0 Å². The van der Waals surface area contributed by atoms with Gasteiger partial charge in [0, 0.05) is 22.9 Å². The maximum absolute atomic E-state index is 12.5. The Hall–Kier alpha value is -3.58. The average molecular weight is 488 g/mol. The van der Waals surface area contributed by atoms with Crippen LogP contribution < -0.4 is 14.8 Å². The number of ether oxygens (including phenoxy) is 2. The van der Waals surface area contributed by atoms with Crippen LogP contribution in [0.25, 0.3) is 22.0 Å². The van der Waals surface area contributed by atoms with Crippen molar-refractivity contribution in [2.45, 2.75) is 25.3 Å². The molecule has 1 heterocycles. The second kappa shape index (κ2) is 12.2. The van der Waals surface area contributed by atoms with Crippen LogP contribution in [0.5, 0.6) is 11.5 Å². The number of fused-ring (bicyclic) bond motifs is 1. The fourth-order valence-corrected chi connectivity index (χ4v) is 4.58. The minimum absolute atomic E-state index is 0.0380. The highest BCUT2D eigenvalue weighted by Gasteiger charge is 2.13. The molecule has 1 N–H and O–H groups in total. The number of thioether (sulfide) groups is 1. The molecule has 1 aromatic heterocycles. The molecule has 0 fully saturated rings. The van der Waals surface area contributed by atoms with Gasteiger partial charge < -0.3 is 14.8 Å². The fraction of sp³-hybridized carbons (Fsp3) is 0.250. The van der Waals surface area contributed by atoms with Gasteiger partial charge in [-0.3, -0.25) is 4.79 Å². The molecule has 0 saturated carbocycles. The maximum Gasteiger partial charge on any atom is 0.230 e. The van der Waals surface area contributed by atoms with Crippen LogP contribution in [-0.4, -0.2) is 41.6 Å². The number of hydrogen-bond acceptors (Lipinski definition) is 6. The Bertz CT molecular complexity index is 1280. The molecule has 0 aliphatic rings. The second-order valence-corrected chi connectivity index (χ2v) is 8.77. The Morgan fingerprint density at radius 2 is 1.57 bits per heavy atom. The van der Waals surface area contributed by atoms with Gasteiger partial charge in [0.1, 0.15) is 10.7 Å². The van der Waals surface area contributed by atoms with Gasteiger partial charge in [-0.1, -0.05) is 72.4 Å². The first kappa shape index (κ1) is 24.5. The third kappa shape index (κ3) is 6.31. The molecular weight excluding hydrogens is 458 g/mol. The van der Waals surface area contributed by atoms with E-state index in [9.17, 15) is 4.79 Å². The number of carbonyl (C=O) groups excluding carboxylic acids is 1. The van der Waals surface area contributed by atoms with Crippen molar-refractivity contribution in [2.24, 2.45) is 0 Å². The molecular formula is C28H29N3O3S. The van der Waals surface area contributed by atoms with E-state index in [0.29, 0.717) is 26.2 Å². The molecule has 0 unspecified atom stereocenters. The summed E-state index contributed by atoms with van der Waals surface area (Å²) in [6, 6.07) is 24.0. The molecule has 0 atom stereocenters. The van der Waals surface area contributed by atoms with Crippen molar-refractivity contribution < 1.29 is 14.3 Å². The molecule has 0 saturated heterocycles. The average Bonchev–Trinajstić information content (AvgIpc) is 2.89. The van der Waals surface area contributed by atoms with E-state index in [1.165, 1.54) is 11.8 Å². The van der Waals surface area contributed by atoms with Crippen LogP contribution in [0.3, 0.4) is 0 Å². The quantitative estimate of drug-likeness (QED) is 0.280. The van der Waals surface area contributed by atoms with Crippen molar-refractivity contribution in [1.82, 2.24) is 15.5 Å². The summed E-state index contributed by atoms with van der Waals surface area (Å²) in [5.41, 5.74) is 2.95. The lowest BCUT2D eigenvalue weighted by Gasteiger charge is -2.13. The SMILES string of the molecule is CCOc1ccc(CCNC(=O)CSc2nnc(-c3ccccc3)c3ccccc23)cc1OCC. The molecule has 0 bridgehead atoms. The molecule has 35 heavy (non-hydrogen) atoms. The topological polar surface area (TPSA) is 73.3 Å². The summed E-state index contributed by atoms with van der Waals surface area (Å²) >= 11 is 1.40. The molecule has 4 rings (SSSR count). The Morgan fingerprint density at radius 3 is 2.34 bits per heavy atom. The van der Waals surface area contributed by atoms with E-state index in [4.69, 9.17) is 9.47 Å². The van der Waals surface area contributed by atoms with Crippen molar-refractivity contribution >= 4 is 28.4 Å². The minimum Gasteiger partial charge on any atom is -0.490 e. The summed E-state index contributed by atoms with van der Waals surface area (Å²) in [5.74, 6) is 1.71. The smallest absolute Gasteiger partial charge is 0.230 e. The summed E-state index contributed by atoms with van der Waals surface area (Å²) < 4.78 is 11.3. The largest absolute Gasteiger partial charge is 0.490 e. The van der Waals surface area contributed by atoms with Crippen LogP contribution in [-0.2, 0) is 11.2 Å². The molecule has 4 aromatic rings. The number of benzene rings is 3. The van der Waals surface area contributed by atoms with Gasteiger partial charge in [0.2, 0.25) is 5.91 Å². The van der Waals surface area contributed by atoms with Crippen molar-refractivity contribution in [3.05, 3.63) is 78.4 Å². The molecule has 7 heteroatoms. The lowest BCUT2D eigenvalue weighted by Crippen LogP contribution is -2.27. The third-order valence-corrected chi connectivity index (χ3v) is 6.37. The van der Waals surface area contributed by atoms with Gasteiger partial charge >= 0.3 is 0 Å². The minimum atomic E-state index is -0.0380. The highest BCUT2D eigenvalue weighted by Crippen LogP contribution is 2.31. The van der Waals surface area contributed by atoms with Crippen molar-refractivity contribution in [2.75, 3.05) is 25.5 Å². The van der Waals surface area contributed by atoms with Gasteiger partial charge in [-0.25, -0.2) is 0 Å². The third-order valence-electron chi connectivity index (χ3n) is 5.38. The zero-order valence-electron chi connectivity index (χ0n) is 20.0. The summed E-state index contributed by atoms with van der Waals surface area (Å²) in [4.78, 5) is 12.5. The number of rotatable bonds is 11. The number of aromatic nitrogens is 2. The zero-order chi connectivity index (χ0) is 24.5. The van der Waals surface area contributed by atoms with E-state index in [2.05, 4.69) is 15.5 Å². The van der Waals surface area contributed by atoms with Gasteiger partial charge in [0.15, 0.2) is 11.5 Å². The van der Waals surface area contributed by atoms with E-state index >= 15 is 0 Å². The molecule has 0 aliphatic heterocycles. The molecule has 180 valence electrons. The second-order valence-electron chi connectivity index (χ2n) is 7.80. The number of amides is 1. The first-order valence-electron chi connectivity index (χ1n) is 11.8. The monoisotopic (exact) mass is 487 g/mol. The Balaban J connectivity index is 1.36. The van der Waals surface area contributed by atoms with Crippen LogP contribution in [0.4, 0.5) is 0 Å². The standard InChI is InChI=1S/C28H29N3O3S/c1-3-33-24-15-14-20(18-25(24)34-4-2)16-17-29-26(32)19-35-28-23-13-9-8-12-22(23)27(30-31-28)21-10-6-5-7-11-21/h5-15,18H,3-4,16-17,19H2,1-2H3,(H,29,32). The molecule has 6 nitrogen and oxygen atoms in total. The van der Waals surface area contributed by atoms with E-state index in [-0.39, 0.29) is 11.7 Å². The zero-order valence-corrected chi connectivity index (χ0v) is 20.8. The van der Waals surface area contributed by atoms with Crippen LogP contribution in [0.15, 0.2) is 77.8 Å². The van der Waals surface area contributed by atoms with E-state index in [1.54, 1.807) is 0 Å². The van der Waals surface area contributed by atoms with Gasteiger partial charge in [0.25, 0.3) is 0 Å². The van der Waals surface area contributed by atoms with Gasteiger partial charge in [-0.2, -0.15) is 0 Å². The molecule has 3 aromatic carbocycles. The molecule has 0 radical (unpaired) electrons. The number of nitrogens with zero attached hydrogens (tertiary/aromatic N) is 2. The van der Waals surface area contributed by atoms with E-state index < -0.39 is 0 Å². The summed E-state index contributed by atoms with van der Waals surface area (Å²) in [6.07, 6.45) is 0.706. The first-order chi connectivity index (χ1) is 17.2. The highest BCUT2D eigenvalue weighted by molar-refractivity contribution is 8.00. The normalized spacial score (nSPS) is 10.8. The Labute approximate surface area is 210 Å². The summed E-state index contributed by atoms with van der Waals surface area (Å²) in [7, 11) is 0. The summed E-state index contributed by atoms with van der Waals surface area (Å²) in [6.45, 7) is 5.59. The predicted octanol–water partition coefficient (Wildman–Crippen LogP) is 5.55. The van der Waals surface area contributed by atoms with Crippen LogP contribution in [0.2, 0.25) is 0 Å². The van der Waals surface area contributed by atoms with Gasteiger partial charge in [0.05, 0.1) is 19.0 Å². The van der Waals surface area contributed by atoms with Crippen molar-refractivity contribution in [1.29, 1.82) is 0 Å². The highest BCUT2D eigenvalue weighted by atomic mass is 32.2. The lowest BCUT2D eigenvalue weighted by atomic mass is 10.1. The number of hydrogen-bond donors (Lipinski definition) is 1. The predicted molar refractivity (Wildman–Crippen MR) is 141 cm³/mol. The Morgan fingerprint density at radius 1 is 0.857 bits per heavy atom. The lowest BCUT2D eigenvalue weighted by molar-refractivity contribution is -0.118. The molecule has 0 aliphatic carbocycles. The van der Waals surface area contributed by atoms with E-state index in [0.717, 1.165) is 44.1 Å². The molecule has 0 spiro atoms. The fourth-order valence-electron chi connectivity index (χ4n) is 3.78. The van der Waals surface area contributed by atoms with Gasteiger partial charge in [-0.05, 0) is 38.0 Å². The number of nitrogens with one attached hydrogen (secondary N) is 1. The van der Waals surface area contributed by atoms with Crippen LogP contribution >= 0.6 is 11.8 Å².